The molecule has 0 fully saturated rings. The molecule has 2 amide bonds. The molecule has 0 heterocycles. The van der Waals surface area contributed by atoms with E-state index in [0.29, 0.717) is 30.7 Å². The molecule has 0 rings (SSSR count). The van der Waals surface area contributed by atoms with E-state index in [-0.39, 0.29) is 12.0 Å². The highest BCUT2D eigenvalue weighted by molar-refractivity contribution is 6.06. The smallest absolute Gasteiger partial charge is 0.327 e. The van der Waals surface area contributed by atoms with Gasteiger partial charge < -0.3 is 15.9 Å². The van der Waals surface area contributed by atoms with Gasteiger partial charge in [-0.2, -0.15) is 0 Å². The Balaban J connectivity index is 5.20. The summed E-state index contributed by atoms with van der Waals surface area (Å²) < 4.78 is 0. The average Bonchev–Trinajstić information content (AvgIpc) is 2.42. The number of carbonyl (C=O) groups excluding carboxylic acids is 2. The van der Waals surface area contributed by atoms with Crippen LogP contribution in [-0.4, -0.2) is 51.5 Å². The van der Waals surface area contributed by atoms with E-state index < -0.39 is 36.2 Å². The van der Waals surface area contributed by atoms with Crippen molar-refractivity contribution in [3.8, 4) is 0 Å². The Bertz CT molecular complexity index is 460. The van der Waals surface area contributed by atoms with Gasteiger partial charge >= 0.3 is 11.9 Å². The quantitative estimate of drug-likeness (QED) is 0.391. The predicted octanol–water partition coefficient (Wildman–Crippen LogP) is 0.365. The van der Waals surface area contributed by atoms with Crippen LogP contribution < -0.4 is 5.73 Å². The van der Waals surface area contributed by atoms with E-state index in [2.05, 4.69) is 6.58 Å². The van der Waals surface area contributed by atoms with Crippen LogP contribution in [0.2, 0.25) is 0 Å². The van der Waals surface area contributed by atoms with Gasteiger partial charge in [-0.05, 0) is 26.3 Å². The van der Waals surface area contributed by atoms with Gasteiger partial charge in [-0.15, -0.1) is 0 Å². The standard InChI is InChI=1S/C14H22N2O6/c1-9(2)13(20)16(10(14(21)22)8-12(18)19)11(17)6-4-3-5-7-15/h10H,1,3-8,15H2,2H3,(H,18,19)(H,21,22)/t10-/m0/s1. The van der Waals surface area contributed by atoms with Gasteiger partial charge in [0.25, 0.3) is 5.91 Å². The number of hydrogen-bond donors (Lipinski definition) is 3. The van der Waals surface area contributed by atoms with E-state index in [9.17, 15) is 19.2 Å². The molecule has 0 spiro atoms. The first kappa shape index (κ1) is 19.8. The van der Waals surface area contributed by atoms with Crippen LogP contribution in [0.5, 0.6) is 0 Å². The summed E-state index contributed by atoms with van der Waals surface area (Å²) in [5, 5.41) is 17.9. The number of nitrogens with two attached hydrogens (primary N) is 1. The van der Waals surface area contributed by atoms with Crippen LogP contribution in [-0.2, 0) is 19.2 Å². The van der Waals surface area contributed by atoms with E-state index in [0.717, 1.165) is 0 Å². The molecular formula is C14H22N2O6. The molecule has 0 bridgehead atoms. The average molecular weight is 314 g/mol. The summed E-state index contributed by atoms with van der Waals surface area (Å²) >= 11 is 0. The largest absolute Gasteiger partial charge is 0.481 e. The molecule has 0 aromatic rings. The SMILES string of the molecule is C=C(C)C(=O)N(C(=O)CCCCCN)[C@@H](CC(=O)O)C(=O)O. The summed E-state index contributed by atoms with van der Waals surface area (Å²) in [7, 11) is 0. The molecule has 0 saturated carbocycles. The van der Waals surface area contributed by atoms with E-state index in [1.54, 1.807) is 0 Å². The molecule has 124 valence electrons. The molecule has 0 aliphatic rings. The highest BCUT2D eigenvalue weighted by Gasteiger charge is 2.36. The van der Waals surface area contributed by atoms with Crippen molar-refractivity contribution >= 4 is 23.8 Å². The van der Waals surface area contributed by atoms with E-state index in [4.69, 9.17) is 15.9 Å². The van der Waals surface area contributed by atoms with Crippen molar-refractivity contribution in [2.24, 2.45) is 5.73 Å². The Hall–Kier alpha value is -2.22. The summed E-state index contributed by atoms with van der Waals surface area (Å²) in [4.78, 5) is 46.7. The van der Waals surface area contributed by atoms with Gasteiger partial charge in [0.1, 0.15) is 6.04 Å². The monoisotopic (exact) mass is 314 g/mol. The highest BCUT2D eigenvalue weighted by atomic mass is 16.4. The third-order valence-corrected chi connectivity index (χ3v) is 2.91. The third kappa shape index (κ3) is 6.49. The van der Waals surface area contributed by atoms with Crippen LogP contribution in [0.1, 0.15) is 39.0 Å². The van der Waals surface area contributed by atoms with Crippen molar-refractivity contribution < 1.29 is 29.4 Å². The molecule has 0 aromatic heterocycles. The Kier molecular flexibility index (Phi) is 8.69. The van der Waals surface area contributed by atoms with Crippen molar-refractivity contribution in [2.45, 2.75) is 45.1 Å². The van der Waals surface area contributed by atoms with Crippen LogP contribution in [0, 0.1) is 0 Å². The number of hydrogen-bond acceptors (Lipinski definition) is 5. The summed E-state index contributed by atoms with van der Waals surface area (Å²) in [6.45, 7) is 5.19. The molecule has 4 N–H and O–H groups in total. The lowest BCUT2D eigenvalue weighted by Gasteiger charge is -2.26. The minimum atomic E-state index is -1.75. The van der Waals surface area contributed by atoms with Crippen molar-refractivity contribution in [1.82, 2.24) is 4.90 Å². The molecule has 8 heteroatoms. The summed E-state index contributed by atoms with van der Waals surface area (Å²) in [5.41, 5.74) is 5.30. The Morgan fingerprint density at radius 2 is 1.73 bits per heavy atom. The molecule has 8 nitrogen and oxygen atoms in total. The first-order valence-corrected chi connectivity index (χ1v) is 6.88. The Labute approximate surface area is 128 Å². The van der Waals surface area contributed by atoms with Crippen LogP contribution in [0.15, 0.2) is 12.2 Å². The van der Waals surface area contributed by atoms with Crippen LogP contribution in [0.25, 0.3) is 0 Å². The molecule has 22 heavy (non-hydrogen) atoms. The van der Waals surface area contributed by atoms with Crippen LogP contribution >= 0.6 is 0 Å². The minimum Gasteiger partial charge on any atom is -0.481 e. The Morgan fingerprint density at radius 1 is 1.14 bits per heavy atom. The lowest BCUT2D eigenvalue weighted by Crippen LogP contribution is -2.49. The maximum absolute atomic E-state index is 12.2. The fraction of sp³-hybridized carbons (Fsp3) is 0.571. The molecule has 0 saturated heterocycles. The zero-order valence-electron chi connectivity index (χ0n) is 12.6. The third-order valence-electron chi connectivity index (χ3n) is 2.91. The molecule has 0 aromatic carbocycles. The van der Waals surface area contributed by atoms with Crippen LogP contribution in [0.4, 0.5) is 0 Å². The van der Waals surface area contributed by atoms with Crippen molar-refractivity contribution in [3.63, 3.8) is 0 Å². The second-order valence-electron chi connectivity index (χ2n) is 4.90. The fourth-order valence-electron chi connectivity index (χ4n) is 1.81. The van der Waals surface area contributed by atoms with Gasteiger partial charge in [-0.25, -0.2) is 4.79 Å². The first-order valence-electron chi connectivity index (χ1n) is 6.88. The second-order valence-corrected chi connectivity index (χ2v) is 4.90. The van der Waals surface area contributed by atoms with Gasteiger partial charge in [-0.1, -0.05) is 13.0 Å². The lowest BCUT2D eigenvalue weighted by atomic mass is 10.1. The molecule has 0 radical (unpaired) electrons. The Morgan fingerprint density at radius 3 is 2.14 bits per heavy atom. The number of unbranched alkanes of at least 4 members (excludes halogenated alkanes) is 2. The second kappa shape index (κ2) is 9.67. The molecule has 0 aliphatic carbocycles. The highest BCUT2D eigenvalue weighted by Crippen LogP contribution is 2.14. The lowest BCUT2D eigenvalue weighted by molar-refractivity contribution is -0.159. The number of imide groups is 1. The fourth-order valence-corrected chi connectivity index (χ4v) is 1.81. The number of carboxylic acids is 2. The predicted molar refractivity (Wildman–Crippen MR) is 77.9 cm³/mol. The van der Waals surface area contributed by atoms with E-state index >= 15 is 0 Å². The van der Waals surface area contributed by atoms with Crippen molar-refractivity contribution in [2.75, 3.05) is 6.54 Å². The number of rotatable bonds is 10. The number of nitrogens with zero attached hydrogens (tertiary/aromatic N) is 1. The summed E-state index contributed by atoms with van der Waals surface area (Å²) in [6.07, 6.45) is 0.897. The number of aliphatic carboxylic acids is 2. The molecule has 0 unspecified atom stereocenters. The van der Waals surface area contributed by atoms with Crippen LogP contribution in [0.3, 0.4) is 0 Å². The molecule has 1 atom stereocenters. The van der Waals surface area contributed by atoms with Gasteiger partial charge in [0, 0.05) is 12.0 Å². The zero-order valence-corrected chi connectivity index (χ0v) is 12.6. The number of carbonyl (C=O) groups is 4. The maximum atomic E-state index is 12.2. The normalized spacial score (nSPS) is 11.5. The van der Waals surface area contributed by atoms with Gasteiger partial charge in [0.05, 0.1) is 6.42 Å². The zero-order chi connectivity index (χ0) is 17.3. The number of amides is 2. The van der Waals surface area contributed by atoms with Gasteiger partial charge in [0.2, 0.25) is 5.91 Å². The number of carboxylic acid groups (broad SMARTS) is 2. The minimum absolute atomic E-state index is 0.0352. The van der Waals surface area contributed by atoms with Crippen molar-refractivity contribution in [3.05, 3.63) is 12.2 Å². The van der Waals surface area contributed by atoms with E-state index in [1.165, 1.54) is 6.92 Å². The summed E-state index contributed by atoms with van der Waals surface area (Å²) in [6, 6.07) is -1.75. The van der Waals surface area contributed by atoms with E-state index in [1.807, 2.05) is 0 Å². The summed E-state index contributed by atoms with van der Waals surface area (Å²) in [5.74, 6) is -4.56. The van der Waals surface area contributed by atoms with Gasteiger partial charge in [0.15, 0.2) is 0 Å². The molecular weight excluding hydrogens is 292 g/mol. The molecule has 0 aliphatic heterocycles. The first-order chi connectivity index (χ1) is 10.2. The van der Waals surface area contributed by atoms with Gasteiger partial charge in [-0.3, -0.25) is 19.3 Å². The maximum Gasteiger partial charge on any atom is 0.327 e. The van der Waals surface area contributed by atoms with Crippen molar-refractivity contribution in [1.29, 1.82) is 0 Å². The topological polar surface area (TPSA) is 138 Å².